The maximum atomic E-state index is 13.2. The molecular weight excluding hydrogens is 482 g/mol. The first-order valence-electron chi connectivity index (χ1n) is 11.5. The fourth-order valence-electron chi connectivity index (χ4n) is 4.44. The molecule has 0 amide bonds. The number of hydrogen-bond donors (Lipinski definition) is 0. The van der Waals surface area contributed by atoms with E-state index in [0.29, 0.717) is 48.3 Å². The lowest BCUT2D eigenvalue weighted by molar-refractivity contribution is 0.180. The van der Waals surface area contributed by atoms with E-state index in [2.05, 4.69) is 15.0 Å². The standard InChI is InChI=1S/C25H27N5O3S2/c1-17-8-9-22(19(3)14-17)35(32,33)29-12-10-28(11-13-29)16-20-15-23(31)30-25(26-20)34-24(27-30)21-7-5-4-6-18(21)2/h4-9,14-15H,10-13,16H2,1-3H3. The number of rotatable bonds is 5. The second kappa shape index (κ2) is 9.27. The molecular formula is C25H27N5O3S2. The van der Waals surface area contributed by atoms with Crippen LogP contribution in [0.2, 0.25) is 0 Å². The highest BCUT2D eigenvalue weighted by atomic mass is 32.2. The Balaban J connectivity index is 1.31. The molecule has 2 aromatic heterocycles. The van der Waals surface area contributed by atoms with Crippen molar-refractivity contribution in [2.45, 2.75) is 32.2 Å². The number of sulfonamides is 1. The van der Waals surface area contributed by atoms with Gasteiger partial charge in [-0.15, -0.1) is 0 Å². The fourth-order valence-corrected chi connectivity index (χ4v) is 7.09. The minimum Gasteiger partial charge on any atom is -0.295 e. The van der Waals surface area contributed by atoms with Gasteiger partial charge in [0.25, 0.3) is 5.56 Å². The van der Waals surface area contributed by atoms with Crippen LogP contribution in [-0.4, -0.2) is 58.4 Å². The molecule has 1 aliphatic heterocycles. The largest absolute Gasteiger partial charge is 0.295 e. The molecule has 5 rings (SSSR count). The van der Waals surface area contributed by atoms with Crippen LogP contribution in [0.1, 0.15) is 22.4 Å². The summed E-state index contributed by atoms with van der Waals surface area (Å²) in [5, 5.41) is 5.24. The van der Waals surface area contributed by atoms with Crippen LogP contribution in [0.25, 0.3) is 15.5 Å². The number of piperazine rings is 1. The Hall–Kier alpha value is -2.92. The van der Waals surface area contributed by atoms with E-state index in [0.717, 1.165) is 27.3 Å². The van der Waals surface area contributed by atoms with Gasteiger partial charge in [-0.05, 0) is 38.0 Å². The highest BCUT2D eigenvalue weighted by Crippen LogP contribution is 2.27. The Morgan fingerprint density at radius 2 is 1.69 bits per heavy atom. The summed E-state index contributed by atoms with van der Waals surface area (Å²) in [5.41, 5.74) is 4.34. The molecule has 35 heavy (non-hydrogen) atoms. The zero-order chi connectivity index (χ0) is 24.7. The van der Waals surface area contributed by atoms with E-state index < -0.39 is 10.0 Å². The first kappa shape index (κ1) is 23.8. The second-order valence-electron chi connectivity index (χ2n) is 8.95. The Labute approximate surface area is 208 Å². The number of hydrogen-bond acceptors (Lipinski definition) is 7. The molecule has 1 saturated heterocycles. The number of aromatic nitrogens is 3. The number of fused-ring (bicyclic) bond motifs is 1. The molecule has 0 unspecified atom stereocenters. The highest BCUT2D eigenvalue weighted by molar-refractivity contribution is 7.89. The summed E-state index contributed by atoms with van der Waals surface area (Å²) in [6, 6.07) is 14.9. The Bertz CT molecular complexity index is 1570. The lowest BCUT2D eigenvalue weighted by Crippen LogP contribution is -2.48. The third-order valence-electron chi connectivity index (χ3n) is 6.34. The molecule has 0 radical (unpaired) electrons. The summed E-state index contributed by atoms with van der Waals surface area (Å²) >= 11 is 1.39. The van der Waals surface area contributed by atoms with Crippen molar-refractivity contribution in [3.63, 3.8) is 0 Å². The average molecular weight is 510 g/mol. The van der Waals surface area contributed by atoms with Gasteiger partial charge in [0, 0.05) is 44.4 Å². The smallest absolute Gasteiger partial charge is 0.275 e. The summed E-state index contributed by atoms with van der Waals surface area (Å²) < 4.78 is 29.2. The van der Waals surface area contributed by atoms with E-state index in [4.69, 9.17) is 0 Å². The predicted octanol–water partition coefficient (Wildman–Crippen LogP) is 3.25. The van der Waals surface area contributed by atoms with Crippen LogP contribution >= 0.6 is 11.3 Å². The van der Waals surface area contributed by atoms with Gasteiger partial charge in [0.05, 0.1) is 10.6 Å². The zero-order valence-electron chi connectivity index (χ0n) is 19.9. The molecule has 10 heteroatoms. The first-order valence-corrected chi connectivity index (χ1v) is 13.7. The van der Waals surface area contributed by atoms with Crippen LogP contribution in [-0.2, 0) is 16.6 Å². The van der Waals surface area contributed by atoms with Crippen molar-refractivity contribution in [1.82, 2.24) is 23.8 Å². The Kier molecular flexibility index (Phi) is 6.30. The van der Waals surface area contributed by atoms with E-state index in [1.165, 1.54) is 21.9 Å². The quantitative estimate of drug-likeness (QED) is 0.410. The minimum atomic E-state index is -3.54. The van der Waals surface area contributed by atoms with Crippen LogP contribution in [0.15, 0.2) is 58.2 Å². The third-order valence-corrected chi connectivity index (χ3v) is 9.34. The van der Waals surface area contributed by atoms with Crippen molar-refractivity contribution in [3.8, 4) is 10.6 Å². The van der Waals surface area contributed by atoms with E-state index in [1.807, 2.05) is 57.2 Å². The van der Waals surface area contributed by atoms with E-state index in [-0.39, 0.29) is 5.56 Å². The average Bonchev–Trinajstić information content (AvgIpc) is 3.24. The summed E-state index contributed by atoms with van der Waals surface area (Å²) in [5.74, 6) is 0. The molecule has 1 aliphatic rings. The van der Waals surface area contributed by atoms with Crippen molar-refractivity contribution >= 4 is 26.3 Å². The molecule has 0 atom stereocenters. The molecule has 0 spiro atoms. The lowest BCUT2D eigenvalue weighted by atomic mass is 10.1. The lowest BCUT2D eigenvalue weighted by Gasteiger charge is -2.34. The molecule has 3 heterocycles. The van der Waals surface area contributed by atoms with Gasteiger partial charge in [-0.3, -0.25) is 9.69 Å². The van der Waals surface area contributed by atoms with E-state index in [9.17, 15) is 13.2 Å². The molecule has 0 N–H and O–H groups in total. The van der Waals surface area contributed by atoms with Crippen molar-refractivity contribution in [2.24, 2.45) is 0 Å². The van der Waals surface area contributed by atoms with Crippen LogP contribution in [0.5, 0.6) is 0 Å². The van der Waals surface area contributed by atoms with Crippen molar-refractivity contribution < 1.29 is 8.42 Å². The van der Waals surface area contributed by atoms with E-state index in [1.54, 1.807) is 10.4 Å². The SMILES string of the molecule is Cc1ccc(S(=O)(=O)N2CCN(Cc3cc(=O)n4nc(-c5ccccc5C)sc4n3)CC2)c(C)c1. The van der Waals surface area contributed by atoms with Crippen LogP contribution in [0.3, 0.4) is 0 Å². The topological polar surface area (TPSA) is 87.9 Å². The number of aryl methyl sites for hydroxylation is 3. The van der Waals surface area contributed by atoms with Crippen molar-refractivity contribution in [3.05, 3.63) is 81.3 Å². The molecule has 1 fully saturated rings. The van der Waals surface area contributed by atoms with Crippen LogP contribution in [0, 0.1) is 20.8 Å². The maximum Gasteiger partial charge on any atom is 0.275 e. The summed E-state index contributed by atoms with van der Waals surface area (Å²) in [4.78, 5) is 20.5. The van der Waals surface area contributed by atoms with Gasteiger partial charge < -0.3 is 0 Å². The van der Waals surface area contributed by atoms with Crippen molar-refractivity contribution in [2.75, 3.05) is 26.2 Å². The monoisotopic (exact) mass is 509 g/mol. The van der Waals surface area contributed by atoms with Gasteiger partial charge in [-0.25, -0.2) is 13.4 Å². The van der Waals surface area contributed by atoms with Gasteiger partial charge in [0.1, 0.15) is 5.01 Å². The normalized spacial score (nSPS) is 15.6. The van der Waals surface area contributed by atoms with Crippen molar-refractivity contribution in [1.29, 1.82) is 0 Å². The van der Waals surface area contributed by atoms with Gasteiger partial charge in [-0.1, -0.05) is 53.3 Å². The zero-order valence-corrected chi connectivity index (χ0v) is 21.6. The number of nitrogens with zero attached hydrogens (tertiary/aromatic N) is 5. The maximum absolute atomic E-state index is 13.2. The minimum absolute atomic E-state index is 0.211. The molecule has 0 saturated carbocycles. The summed E-state index contributed by atoms with van der Waals surface area (Å²) in [7, 11) is -3.54. The molecule has 8 nitrogen and oxygen atoms in total. The summed E-state index contributed by atoms with van der Waals surface area (Å²) in [6.07, 6.45) is 0. The number of benzene rings is 2. The van der Waals surface area contributed by atoms with Gasteiger partial charge in [0.2, 0.25) is 15.0 Å². The van der Waals surface area contributed by atoms with Gasteiger partial charge in [0.15, 0.2) is 0 Å². The molecule has 4 aromatic rings. The van der Waals surface area contributed by atoms with E-state index >= 15 is 0 Å². The first-order chi connectivity index (χ1) is 16.7. The van der Waals surface area contributed by atoms with Gasteiger partial charge >= 0.3 is 0 Å². The van der Waals surface area contributed by atoms with Crippen LogP contribution in [0.4, 0.5) is 0 Å². The Morgan fingerprint density at radius 3 is 2.40 bits per heavy atom. The fraction of sp³-hybridized carbons (Fsp3) is 0.320. The predicted molar refractivity (Wildman–Crippen MR) is 137 cm³/mol. The third kappa shape index (κ3) is 4.66. The second-order valence-corrected chi connectivity index (χ2v) is 11.8. The van der Waals surface area contributed by atoms with Crippen LogP contribution < -0.4 is 5.56 Å². The highest BCUT2D eigenvalue weighted by Gasteiger charge is 2.29. The molecule has 0 bridgehead atoms. The van der Waals surface area contributed by atoms with Gasteiger partial charge in [-0.2, -0.15) is 13.9 Å². The molecule has 2 aromatic carbocycles. The molecule has 0 aliphatic carbocycles. The Morgan fingerprint density at radius 1 is 0.943 bits per heavy atom. The summed E-state index contributed by atoms with van der Waals surface area (Å²) in [6.45, 7) is 8.23. The molecule has 182 valence electrons.